The van der Waals surface area contributed by atoms with Crippen LogP contribution in [0.2, 0.25) is 0 Å². The van der Waals surface area contributed by atoms with Gasteiger partial charge in [0.25, 0.3) is 0 Å². The van der Waals surface area contributed by atoms with Crippen molar-refractivity contribution >= 4 is 17.5 Å². The number of allylic oxidation sites excluding steroid dienone is 3. The van der Waals surface area contributed by atoms with E-state index in [-0.39, 0.29) is 29.7 Å². The van der Waals surface area contributed by atoms with Gasteiger partial charge in [0.05, 0.1) is 25.9 Å². The topological polar surface area (TPSA) is 123 Å². The molecule has 0 bridgehead atoms. The fraction of sp³-hybridized carbons (Fsp3) is 0.370. The smallest absolute Gasteiger partial charge is 0.306 e. The number of hydrogen-bond donors (Lipinski definition) is 1. The number of nitrogens with zero attached hydrogens (tertiary/aromatic N) is 1. The second-order valence-electron chi connectivity index (χ2n) is 13.3. The Kier molecular flexibility index (Phi) is 17.0. The van der Waals surface area contributed by atoms with Crippen LogP contribution in [0.4, 0.5) is 0 Å². The van der Waals surface area contributed by atoms with Crippen molar-refractivity contribution in [1.82, 2.24) is 4.98 Å². The van der Waals surface area contributed by atoms with Gasteiger partial charge in [-0.25, -0.2) is 0 Å². The van der Waals surface area contributed by atoms with E-state index in [1.807, 2.05) is 98.1 Å². The highest BCUT2D eigenvalue weighted by Crippen LogP contribution is 2.42. The molecule has 1 aliphatic rings. The number of esters is 2. The van der Waals surface area contributed by atoms with Gasteiger partial charge in [-0.3, -0.25) is 14.6 Å². The number of rotatable bonds is 21. The molecule has 2 heterocycles. The van der Waals surface area contributed by atoms with E-state index >= 15 is 0 Å². The number of carbonyl (C=O) groups is 2. The minimum absolute atomic E-state index is 0.0305. The number of ether oxygens (including phenoxy) is 6. The molecule has 3 atom stereocenters. The van der Waals surface area contributed by atoms with Gasteiger partial charge in [0.2, 0.25) is 0 Å². The summed E-state index contributed by atoms with van der Waals surface area (Å²) >= 11 is 0. The van der Waals surface area contributed by atoms with Crippen molar-refractivity contribution in [1.29, 1.82) is 0 Å². The molecule has 1 aromatic heterocycles. The maximum atomic E-state index is 11.7. The zero-order chi connectivity index (χ0) is 39.4. The highest BCUT2D eigenvalue weighted by Gasteiger charge is 2.34. The monoisotopic (exact) mass is 763 g/mol. The van der Waals surface area contributed by atoms with Crippen molar-refractivity contribution < 1.29 is 43.1 Å². The van der Waals surface area contributed by atoms with E-state index in [1.54, 1.807) is 25.3 Å². The van der Waals surface area contributed by atoms with Gasteiger partial charge >= 0.3 is 11.9 Å². The van der Waals surface area contributed by atoms with Crippen LogP contribution in [0.5, 0.6) is 17.2 Å². The average molecular weight is 764 g/mol. The van der Waals surface area contributed by atoms with Crippen LogP contribution in [0.15, 0.2) is 116 Å². The van der Waals surface area contributed by atoms with Crippen molar-refractivity contribution in [2.45, 2.75) is 71.2 Å². The summed E-state index contributed by atoms with van der Waals surface area (Å²) in [7, 11) is 0. The Hall–Kier alpha value is -5.45. The Morgan fingerprint density at radius 3 is 2.16 bits per heavy atom. The molecular weight excluding hydrogens is 711 g/mol. The minimum atomic E-state index is -0.617. The fourth-order valence-corrected chi connectivity index (χ4v) is 6.42. The van der Waals surface area contributed by atoms with Gasteiger partial charge in [0.1, 0.15) is 30.5 Å². The van der Waals surface area contributed by atoms with E-state index in [0.717, 1.165) is 47.3 Å². The number of phenols is 1. The summed E-state index contributed by atoms with van der Waals surface area (Å²) in [6, 6.07) is 26.8. The molecule has 56 heavy (non-hydrogen) atoms. The molecule has 0 radical (unpaired) electrons. The highest BCUT2D eigenvalue weighted by atomic mass is 16.7. The summed E-state index contributed by atoms with van der Waals surface area (Å²) in [5, 5.41) is 10.7. The van der Waals surface area contributed by atoms with Crippen molar-refractivity contribution in [3.63, 3.8) is 0 Å². The standard InChI is InChI=1S/C46H53NO9/c1-3-51-43(49)19-9-5-7-14-37-33-55-46(56-45(37)41-17-11-12-18-42(41)48)35-23-27-39(28-24-35)54-31-30-53-38-25-21-34(22-26-38)40(36-15-13-29-47-32-36)16-8-6-10-20-44(50)52-4-2/h5,7,11-13,15-18,21-29,32,37,45-46,48H,3-4,6,8-10,14,19-20,30-31,33H2,1-2H3/b7-5-,40-16+/t37-,45+,46+/m1/s1. The second kappa shape index (κ2) is 22.8. The number of carbonyl (C=O) groups excluding carboxylic acids is 2. The maximum absolute atomic E-state index is 11.7. The summed E-state index contributed by atoms with van der Waals surface area (Å²) in [5.41, 5.74) is 4.72. The first kappa shape index (κ1) is 41.7. The Balaban J connectivity index is 1.10. The molecule has 0 spiro atoms. The first-order chi connectivity index (χ1) is 27.4. The summed E-state index contributed by atoms with van der Waals surface area (Å²) < 4.78 is 34.7. The molecular formula is C46H53NO9. The Morgan fingerprint density at radius 2 is 1.48 bits per heavy atom. The number of para-hydroxylation sites is 1. The summed E-state index contributed by atoms with van der Waals surface area (Å²) in [6.07, 6.45) is 13.4. The lowest BCUT2D eigenvalue weighted by Gasteiger charge is -2.37. The largest absolute Gasteiger partial charge is 0.508 e. The molecule has 0 saturated carbocycles. The first-order valence-electron chi connectivity index (χ1n) is 19.5. The number of phenolic OH excluding ortho intramolecular Hbond substituents is 1. The van der Waals surface area contributed by atoms with Crippen LogP contribution in [-0.4, -0.2) is 55.1 Å². The number of pyridine rings is 1. The van der Waals surface area contributed by atoms with Crippen LogP contribution in [0.3, 0.4) is 0 Å². The molecule has 4 aromatic rings. The number of benzene rings is 3. The van der Waals surface area contributed by atoms with Crippen LogP contribution in [-0.2, 0) is 28.5 Å². The van der Waals surface area contributed by atoms with Gasteiger partial charge in [0, 0.05) is 47.8 Å². The fourth-order valence-electron chi connectivity index (χ4n) is 6.42. The number of aromatic hydroxyl groups is 1. The zero-order valence-corrected chi connectivity index (χ0v) is 32.3. The van der Waals surface area contributed by atoms with Crippen LogP contribution in [0, 0.1) is 5.92 Å². The van der Waals surface area contributed by atoms with Gasteiger partial charge in [0.15, 0.2) is 6.29 Å². The molecule has 10 nitrogen and oxygen atoms in total. The molecule has 10 heteroatoms. The Bertz CT molecular complexity index is 1840. The molecule has 0 amide bonds. The molecule has 1 fully saturated rings. The molecule has 1 N–H and O–H groups in total. The molecule has 3 aromatic carbocycles. The van der Waals surface area contributed by atoms with E-state index in [0.29, 0.717) is 70.0 Å². The molecule has 5 rings (SSSR count). The van der Waals surface area contributed by atoms with Crippen molar-refractivity contribution in [3.05, 3.63) is 138 Å². The maximum Gasteiger partial charge on any atom is 0.306 e. The summed E-state index contributed by atoms with van der Waals surface area (Å²) in [4.78, 5) is 27.7. The quantitative estimate of drug-likeness (QED) is 0.0499. The van der Waals surface area contributed by atoms with Crippen LogP contribution >= 0.6 is 0 Å². The molecule has 296 valence electrons. The lowest BCUT2D eigenvalue weighted by Crippen LogP contribution is -2.30. The van der Waals surface area contributed by atoms with E-state index < -0.39 is 6.29 Å². The number of unbranched alkanes of at least 4 members (excludes halogenated alkanes) is 2. The molecule has 0 unspecified atom stereocenters. The second-order valence-corrected chi connectivity index (χ2v) is 13.3. The van der Waals surface area contributed by atoms with E-state index in [2.05, 4.69) is 11.1 Å². The van der Waals surface area contributed by atoms with E-state index in [1.165, 1.54) is 0 Å². The zero-order valence-electron chi connectivity index (χ0n) is 32.3. The Labute approximate surface area is 330 Å². The van der Waals surface area contributed by atoms with Crippen molar-refractivity contribution in [2.24, 2.45) is 5.92 Å². The third-order valence-electron chi connectivity index (χ3n) is 9.23. The highest BCUT2D eigenvalue weighted by molar-refractivity contribution is 5.79. The lowest BCUT2D eigenvalue weighted by atomic mass is 9.91. The molecule has 1 aliphatic heterocycles. The predicted octanol–water partition coefficient (Wildman–Crippen LogP) is 9.49. The first-order valence-corrected chi connectivity index (χ1v) is 19.5. The SMILES string of the molecule is CCOC(=O)CC/C=C\C[C@@H]1CO[C@H](c2ccc(OCCOc3ccc(/C(=C\CCCCC(=O)OCC)c4cccnc4)cc3)cc2)O[C@@H]1c1ccccc1O. The average Bonchev–Trinajstić information content (AvgIpc) is 3.22. The summed E-state index contributed by atoms with van der Waals surface area (Å²) in [5.74, 6) is 1.23. The van der Waals surface area contributed by atoms with Gasteiger partial charge in [-0.15, -0.1) is 0 Å². The van der Waals surface area contributed by atoms with E-state index in [4.69, 9.17) is 28.4 Å². The van der Waals surface area contributed by atoms with E-state index in [9.17, 15) is 14.7 Å². The molecule has 1 saturated heterocycles. The Morgan fingerprint density at radius 1 is 0.786 bits per heavy atom. The van der Waals surface area contributed by atoms with Crippen LogP contribution < -0.4 is 9.47 Å². The van der Waals surface area contributed by atoms with Gasteiger partial charge in [-0.05, 0) is 93.5 Å². The van der Waals surface area contributed by atoms with Crippen molar-refractivity contribution in [3.8, 4) is 17.2 Å². The molecule has 0 aliphatic carbocycles. The van der Waals surface area contributed by atoms with Gasteiger partial charge < -0.3 is 33.5 Å². The third kappa shape index (κ3) is 13.1. The normalized spacial score (nSPS) is 17.0. The summed E-state index contributed by atoms with van der Waals surface area (Å²) in [6.45, 7) is 5.56. The predicted molar refractivity (Wildman–Crippen MR) is 214 cm³/mol. The lowest BCUT2D eigenvalue weighted by molar-refractivity contribution is -0.244. The van der Waals surface area contributed by atoms with Crippen molar-refractivity contribution in [2.75, 3.05) is 33.0 Å². The van der Waals surface area contributed by atoms with Gasteiger partial charge in [-0.2, -0.15) is 0 Å². The van der Waals surface area contributed by atoms with Crippen LogP contribution in [0.25, 0.3) is 5.57 Å². The number of aromatic nitrogens is 1. The van der Waals surface area contributed by atoms with Gasteiger partial charge in [-0.1, -0.05) is 66.8 Å². The van der Waals surface area contributed by atoms with Crippen LogP contribution in [0.1, 0.15) is 93.4 Å². The minimum Gasteiger partial charge on any atom is -0.508 e. The number of hydrogen-bond acceptors (Lipinski definition) is 10. The third-order valence-corrected chi connectivity index (χ3v) is 9.23.